The van der Waals surface area contributed by atoms with Gasteiger partial charge in [0.1, 0.15) is 10.6 Å². The molecule has 662 valence electrons. The van der Waals surface area contributed by atoms with Crippen LogP contribution >= 0.6 is 0 Å². The van der Waals surface area contributed by atoms with Crippen molar-refractivity contribution in [3.05, 3.63) is 214 Å². The molecule has 28 heteroatoms. The summed E-state index contributed by atoms with van der Waals surface area (Å²) in [6.07, 6.45) is 11.4. The van der Waals surface area contributed by atoms with Gasteiger partial charge in [0, 0.05) is 17.7 Å². The lowest BCUT2D eigenvalue weighted by Gasteiger charge is -2.44. The zero-order valence-electron chi connectivity index (χ0n) is 73.0. The van der Waals surface area contributed by atoms with Crippen LogP contribution in [0.15, 0.2) is 189 Å². The van der Waals surface area contributed by atoms with Crippen LogP contribution in [-0.4, -0.2) is 174 Å². The number of methoxy groups -OCH3 is 5. The fourth-order valence-electron chi connectivity index (χ4n) is 17.7. The minimum absolute atomic E-state index is 0.0177. The van der Waals surface area contributed by atoms with Crippen LogP contribution < -0.4 is 28.4 Å². The van der Waals surface area contributed by atoms with Crippen LogP contribution in [0.25, 0.3) is 0 Å². The number of unbranched alkanes of at least 4 members (excludes halogenated alkanes) is 4. The molecule has 0 unspecified atom stereocenters. The predicted molar refractivity (Wildman–Crippen MR) is 469 cm³/mol. The molecule has 0 saturated carbocycles. The zero-order valence-corrected chi connectivity index (χ0v) is 76.2. The first kappa shape index (κ1) is 96.5. The number of ether oxygens (including phenoxy) is 6. The molecule has 4 aliphatic rings. The van der Waals surface area contributed by atoms with Gasteiger partial charge >= 0.3 is 0 Å². The van der Waals surface area contributed by atoms with Gasteiger partial charge in [-0.05, 0) is 134 Å². The molecule has 0 saturated heterocycles. The molecule has 4 heterocycles. The number of sulfone groups is 4. The Morgan fingerprint density at radius 2 is 0.694 bits per heavy atom. The second-order valence-corrected chi connectivity index (χ2v) is 39.9. The molecule has 0 fully saturated rings. The van der Waals surface area contributed by atoms with E-state index in [1.54, 1.807) is 50.6 Å². The Morgan fingerprint density at radius 3 is 1.07 bits per heavy atom. The van der Waals surface area contributed by atoms with Crippen molar-refractivity contribution < 1.29 is 92.8 Å². The minimum Gasteiger partial charge on any atom is -0.504 e. The Hall–Kier alpha value is -8.36. The smallest absolute Gasteiger partial charge is 0.204 e. The van der Waals surface area contributed by atoms with Gasteiger partial charge in [-0.3, -0.25) is 0 Å². The molecule has 0 aliphatic carbocycles. The van der Waals surface area contributed by atoms with Gasteiger partial charge in [-0.15, -0.1) is 0 Å². The van der Waals surface area contributed by atoms with Crippen molar-refractivity contribution >= 4 is 39.3 Å². The number of hydrogen-bond acceptors (Lipinski definition) is 24. The molecule has 8 atom stereocenters. The minimum atomic E-state index is -3.87. The highest BCUT2D eigenvalue weighted by Gasteiger charge is 2.54. The summed E-state index contributed by atoms with van der Waals surface area (Å²) in [6, 6.07) is 48.1. The van der Waals surface area contributed by atoms with E-state index in [0.29, 0.717) is 90.2 Å². The maximum Gasteiger partial charge on any atom is 0.204 e. The van der Waals surface area contributed by atoms with Gasteiger partial charge in [-0.2, -0.15) is 20.3 Å². The number of phenols is 2. The van der Waals surface area contributed by atoms with Crippen LogP contribution in [0.5, 0.6) is 46.0 Å². The van der Waals surface area contributed by atoms with E-state index in [9.17, 15) is 59.5 Å². The largest absolute Gasteiger partial charge is 0.504 e. The average Bonchev–Trinajstić information content (AvgIpc) is 1.61. The highest BCUT2D eigenvalue weighted by atomic mass is 32.2. The number of phenolic OH excluding ortho intramolecular Hbond substituents is 2. The highest BCUT2D eigenvalue weighted by Crippen LogP contribution is 2.55. The maximum absolute atomic E-state index is 13.9. The molecule has 121 heavy (non-hydrogen) atoms. The second kappa shape index (κ2) is 41.4. The molecule has 12 rings (SSSR count). The Bertz CT molecular complexity index is 5230. The molecule has 24 nitrogen and oxygen atoms in total. The quantitative estimate of drug-likeness (QED) is 0.0284. The van der Waals surface area contributed by atoms with E-state index >= 15 is 0 Å². The highest BCUT2D eigenvalue weighted by molar-refractivity contribution is 7.92. The van der Waals surface area contributed by atoms with E-state index in [4.69, 9.17) is 33.3 Å². The third-order valence-electron chi connectivity index (χ3n) is 24.3. The van der Waals surface area contributed by atoms with Gasteiger partial charge < -0.3 is 59.1 Å². The zero-order chi connectivity index (χ0) is 88.6. The Morgan fingerprint density at radius 1 is 0.364 bits per heavy atom. The van der Waals surface area contributed by atoms with Crippen LogP contribution in [0.1, 0.15) is 241 Å². The van der Waals surface area contributed by atoms with Crippen LogP contribution in [0.2, 0.25) is 0 Å². The van der Waals surface area contributed by atoms with Gasteiger partial charge in [0.15, 0.2) is 73.8 Å². The predicted octanol–water partition coefficient (Wildman–Crippen LogP) is 18.8. The molecule has 5 N–H and O–H groups in total. The van der Waals surface area contributed by atoms with Crippen LogP contribution in [-0.2, 0) is 44.2 Å². The molecule has 0 bridgehead atoms. The maximum atomic E-state index is 13.9. The number of fused-ring (bicyclic) bond motifs is 4. The topological polar surface area (TPSA) is 315 Å². The summed E-state index contributed by atoms with van der Waals surface area (Å²) in [4.78, 5) is 6.53. The van der Waals surface area contributed by atoms with E-state index in [0.717, 1.165) is 85.6 Å². The van der Waals surface area contributed by atoms with Gasteiger partial charge in [0.25, 0.3) is 0 Å². The third-order valence-corrected chi connectivity index (χ3v) is 32.1. The van der Waals surface area contributed by atoms with Crippen molar-refractivity contribution in [2.24, 2.45) is 0 Å². The first-order valence-electron chi connectivity index (χ1n) is 42.0. The van der Waals surface area contributed by atoms with Crippen molar-refractivity contribution in [1.29, 1.82) is 0 Å². The van der Waals surface area contributed by atoms with E-state index < -0.39 is 97.2 Å². The average molecular weight is 1750 g/mol. The van der Waals surface area contributed by atoms with E-state index in [1.807, 2.05) is 175 Å². The summed E-state index contributed by atoms with van der Waals surface area (Å²) in [7, 11) is -5.91. The molecule has 0 amide bonds. The Kier molecular flexibility index (Phi) is 33.0. The number of nitrogens with zero attached hydrogens (tertiary/aromatic N) is 4. The Balaban J connectivity index is 0.000000184. The van der Waals surface area contributed by atoms with E-state index in [1.165, 1.54) is 44.6 Å². The van der Waals surface area contributed by atoms with Crippen molar-refractivity contribution in [2.45, 2.75) is 244 Å². The lowest BCUT2D eigenvalue weighted by molar-refractivity contribution is -0.220. The molecule has 0 spiro atoms. The van der Waals surface area contributed by atoms with Crippen LogP contribution in [0.3, 0.4) is 0 Å². The monoisotopic (exact) mass is 1750 g/mol. The van der Waals surface area contributed by atoms with Crippen LogP contribution in [0.4, 0.5) is 0 Å². The molecule has 4 aliphatic heterocycles. The summed E-state index contributed by atoms with van der Waals surface area (Å²) < 4.78 is 142. The summed E-state index contributed by atoms with van der Waals surface area (Å²) in [5.74, 6) is 0.546. The van der Waals surface area contributed by atoms with E-state index in [2.05, 4.69) is 20.8 Å². The summed E-state index contributed by atoms with van der Waals surface area (Å²) in [6.45, 7) is 19.9. The van der Waals surface area contributed by atoms with Crippen LogP contribution in [0, 0.1) is 0 Å². The van der Waals surface area contributed by atoms with Gasteiger partial charge in [0.2, 0.25) is 5.75 Å². The van der Waals surface area contributed by atoms with Crippen molar-refractivity contribution in [3.8, 4) is 46.0 Å². The fourth-order valence-corrected chi connectivity index (χ4v) is 26.5. The third kappa shape index (κ3) is 20.4. The number of rotatable bonds is 28. The molecule has 0 aromatic heterocycles. The number of aromatic hydroxyl groups is 2. The van der Waals surface area contributed by atoms with E-state index in [-0.39, 0.29) is 65.8 Å². The SMILES string of the molecule is CCCC[C@]1(CC)CS(=O)(=O)c2c(cc(OC)c(OC)c2OC)[C@@H](c2ccccc2)N1O.CCCC[C@]1(CC)CS(=O)(=O)c2cc(O)c(O)cc2[C@@H](c2ccccc2)N1O.CCCC[C@]1(CC)CS(=O)(=O)c2cc(OC(C)C)ccc2[C@@H](c2ccccc2)N1O.CCCC[C@]1(CC)CS(=O)(=O)c2cc(OC)c(OC)cc2[C@@H](c2ccccc2)N1OC. The number of benzene rings is 8. The molecule has 8 aromatic carbocycles. The number of hydroxylamine groups is 8. The molecular formula is C93H126N4O20S4. The molecule has 8 aromatic rings. The molecule has 0 radical (unpaired) electrons. The van der Waals surface area contributed by atoms with Gasteiger partial charge in [-0.25, -0.2) is 33.7 Å². The number of hydrogen-bond donors (Lipinski definition) is 5. The Labute approximate surface area is 717 Å². The second-order valence-electron chi connectivity index (χ2n) is 32.1. The van der Waals surface area contributed by atoms with Crippen molar-refractivity contribution in [2.75, 3.05) is 65.7 Å². The summed E-state index contributed by atoms with van der Waals surface area (Å²) in [5, 5.41) is 60.4. The van der Waals surface area contributed by atoms with Crippen molar-refractivity contribution in [1.82, 2.24) is 20.3 Å². The van der Waals surface area contributed by atoms with Gasteiger partial charge in [0.05, 0.1) is 133 Å². The normalized spacial score (nSPS) is 23.4. The lowest BCUT2D eigenvalue weighted by atomic mass is 9.87. The first-order chi connectivity index (χ1) is 57.7. The molecular weight excluding hydrogens is 1620 g/mol. The van der Waals surface area contributed by atoms with Crippen molar-refractivity contribution in [3.63, 3.8) is 0 Å². The summed E-state index contributed by atoms with van der Waals surface area (Å²) >= 11 is 0. The standard InChI is InChI=1S/C24H33NO6S.C24H33NO5S.C24H33NO4S.C21H27NO5S/c1-6-8-14-24(7-2)16-32(27,28)23-18(15-19(29-3)21(30-4)22(23)31-5)20(25(24)26)17-12-10-9-11-13-17;1-6-8-14-24(7-2)17-31(26,27)22-16-21(29-4)20(28-3)15-19(22)23(25(24)30-5)18-12-10-9-11-13-18;1-5-7-15-24(6-2)17-30(27,28)22-16-20(29-18(3)4)13-14-21(22)23(25(24)26)19-11-9-8-10-12-19;1-3-5-11-21(4-2)14-28(26,27)19-13-18(24)17(23)12-16(19)20(22(21)25)15-9-7-6-8-10-15/h9-13,15,20,26H,6-8,14,16H2,1-5H3;9-13,15-16,23H,6-8,14,17H2,1-5H3;8-14,16,18,23,26H,5-7,15,17H2,1-4H3;6-10,12-13,20,23-25H,3-5,11,14H2,1-2H3/t20-,24-;2*23-,24-;20-,21-/m1111/s1. The first-order valence-corrected chi connectivity index (χ1v) is 48.6. The van der Waals surface area contributed by atoms with Gasteiger partial charge in [-0.1, -0.05) is 234 Å². The summed E-state index contributed by atoms with van der Waals surface area (Å²) in [5.41, 5.74) is 1.75. The fraction of sp³-hybridized carbons (Fsp3) is 0.484. The lowest BCUT2D eigenvalue weighted by Crippen LogP contribution is -2.52.